The van der Waals surface area contributed by atoms with E-state index in [4.69, 9.17) is 28.4 Å². The minimum atomic E-state index is -0.626. The third kappa shape index (κ3) is 7.07. The van der Waals surface area contributed by atoms with Crippen LogP contribution in [0, 0.1) is 11.8 Å². The van der Waals surface area contributed by atoms with Crippen molar-refractivity contribution in [3.8, 4) is 44.9 Å². The second kappa shape index (κ2) is 16.2. The van der Waals surface area contributed by atoms with Crippen molar-refractivity contribution in [3.63, 3.8) is 0 Å². The second-order valence-electron chi connectivity index (χ2n) is 14.6. The van der Waals surface area contributed by atoms with E-state index in [9.17, 15) is 0 Å². The van der Waals surface area contributed by atoms with E-state index in [1.807, 2.05) is 0 Å². The Morgan fingerprint density at radius 1 is 0.436 bits per heavy atom. The van der Waals surface area contributed by atoms with Crippen LogP contribution in [-0.4, -0.2) is 66.1 Å². The molecule has 3 aliphatic rings. The molecule has 55 heavy (non-hydrogen) atoms. The first-order valence-corrected chi connectivity index (χ1v) is 19.4. The van der Waals surface area contributed by atoms with Crippen molar-refractivity contribution < 1.29 is 28.4 Å². The van der Waals surface area contributed by atoms with E-state index in [0.717, 1.165) is 60.2 Å². The van der Waals surface area contributed by atoms with Gasteiger partial charge in [0.05, 0.1) is 58.3 Å². The molecule has 2 fully saturated rings. The minimum absolute atomic E-state index is 0.464. The smallest absolute Gasteiger partial charge is 0.127 e. The van der Waals surface area contributed by atoms with Crippen molar-refractivity contribution in [2.45, 2.75) is 5.41 Å². The molecule has 2 aliphatic heterocycles. The van der Waals surface area contributed by atoms with E-state index in [1.165, 1.54) is 33.4 Å². The van der Waals surface area contributed by atoms with Gasteiger partial charge in [0.25, 0.3) is 0 Å². The molecule has 0 N–H and O–H groups in total. The highest BCUT2D eigenvalue weighted by molar-refractivity contribution is 5.88. The number of fused-ring (bicyclic) bond motifs is 3. The Labute approximate surface area is 323 Å². The number of hydrogen-bond donors (Lipinski definition) is 0. The standard InChI is InChI=1S/C49H46O6/c1-3-11-37(12-4-1)43-27-39(19-21-47(43)54-25-23-50-29-35-31-52-32-35)49(45-17-9-7-15-41(45)42-16-8-10-18-46(42)49)40-20-22-48(44(28-40)38-13-5-2-6-14-38)55-26-24-51-30-36-33-53-34-36/h1-22,27-28,35-36H,23-26,29-34H2. The molecule has 278 valence electrons. The van der Waals surface area contributed by atoms with Gasteiger partial charge < -0.3 is 28.4 Å². The summed E-state index contributed by atoms with van der Waals surface area (Å²) in [5.41, 5.74) is 11.0. The van der Waals surface area contributed by atoms with Gasteiger partial charge in [0, 0.05) is 23.0 Å². The van der Waals surface area contributed by atoms with E-state index in [-0.39, 0.29) is 0 Å². The topological polar surface area (TPSA) is 55.4 Å². The summed E-state index contributed by atoms with van der Waals surface area (Å²) >= 11 is 0. The highest BCUT2D eigenvalue weighted by Gasteiger charge is 2.46. The molecule has 0 saturated carbocycles. The van der Waals surface area contributed by atoms with Crippen LogP contribution in [-0.2, 0) is 24.4 Å². The van der Waals surface area contributed by atoms with E-state index < -0.39 is 5.41 Å². The average Bonchev–Trinajstić information content (AvgIpc) is 3.51. The minimum Gasteiger partial charge on any atom is -0.491 e. The van der Waals surface area contributed by atoms with Crippen molar-refractivity contribution in [1.82, 2.24) is 0 Å². The largest absolute Gasteiger partial charge is 0.491 e. The monoisotopic (exact) mass is 730 g/mol. The molecule has 0 unspecified atom stereocenters. The Morgan fingerprint density at radius 2 is 0.855 bits per heavy atom. The molecule has 0 amide bonds. The van der Waals surface area contributed by atoms with Gasteiger partial charge in [-0.1, -0.05) is 121 Å². The summed E-state index contributed by atoms with van der Waals surface area (Å²) in [4.78, 5) is 0. The molecule has 6 aromatic rings. The summed E-state index contributed by atoms with van der Waals surface area (Å²) in [7, 11) is 0. The lowest BCUT2D eigenvalue weighted by atomic mass is 9.67. The van der Waals surface area contributed by atoms with Crippen LogP contribution in [0.1, 0.15) is 22.3 Å². The summed E-state index contributed by atoms with van der Waals surface area (Å²) in [5, 5.41) is 0. The number of hydrogen-bond acceptors (Lipinski definition) is 6. The molecular formula is C49H46O6. The summed E-state index contributed by atoms with van der Waals surface area (Å²) in [6.07, 6.45) is 0. The van der Waals surface area contributed by atoms with Crippen LogP contribution in [0.25, 0.3) is 33.4 Å². The van der Waals surface area contributed by atoms with Crippen molar-refractivity contribution >= 4 is 0 Å². The molecule has 6 heteroatoms. The molecule has 1 aliphatic carbocycles. The third-order valence-electron chi connectivity index (χ3n) is 11.0. The predicted octanol–water partition coefficient (Wildman–Crippen LogP) is 9.47. The van der Waals surface area contributed by atoms with Crippen LogP contribution in [0.3, 0.4) is 0 Å². The van der Waals surface area contributed by atoms with Crippen LogP contribution in [0.5, 0.6) is 11.5 Å². The zero-order valence-electron chi connectivity index (χ0n) is 31.0. The van der Waals surface area contributed by atoms with Gasteiger partial charge in [-0.15, -0.1) is 0 Å². The van der Waals surface area contributed by atoms with Crippen LogP contribution >= 0.6 is 0 Å². The van der Waals surface area contributed by atoms with Gasteiger partial charge in [-0.2, -0.15) is 0 Å². The molecule has 0 atom stereocenters. The Balaban J connectivity index is 1.15. The van der Waals surface area contributed by atoms with E-state index in [1.54, 1.807) is 0 Å². The van der Waals surface area contributed by atoms with E-state index in [0.29, 0.717) is 51.5 Å². The van der Waals surface area contributed by atoms with Gasteiger partial charge >= 0.3 is 0 Å². The number of ether oxygens (including phenoxy) is 6. The van der Waals surface area contributed by atoms with Gasteiger partial charge in [-0.3, -0.25) is 0 Å². The fourth-order valence-corrected chi connectivity index (χ4v) is 8.17. The molecule has 2 saturated heterocycles. The van der Waals surface area contributed by atoms with Crippen LogP contribution in [0.4, 0.5) is 0 Å². The summed E-state index contributed by atoms with van der Waals surface area (Å²) in [5.74, 6) is 2.64. The first-order valence-electron chi connectivity index (χ1n) is 19.4. The van der Waals surface area contributed by atoms with Crippen LogP contribution in [0.2, 0.25) is 0 Å². The third-order valence-corrected chi connectivity index (χ3v) is 11.0. The van der Waals surface area contributed by atoms with Gasteiger partial charge in [-0.05, 0) is 68.8 Å². The molecule has 0 radical (unpaired) electrons. The summed E-state index contributed by atoms with van der Waals surface area (Å²) < 4.78 is 35.5. The summed E-state index contributed by atoms with van der Waals surface area (Å²) in [6.45, 7) is 6.50. The van der Waals surface area contributed by atoms with Crippen molar-refractivity contribution in [1.29, 1.82) is 0 Å². The van der Waals surface area contributed by atoms with Gasteiger partial charge in [0.2, 0.25) is 0 Å². The fourth-order valence-electron chi connectivity index (χ4n) is 8.17. The molecular weight excluding hydrogens is 685 g/mol. The van der Waals surface area contributed by atoms with Crippen molar-refractivity contribution in [3.05, 3.63) is 168 Å². The average molecular weight is 731 g/mol. The summed E-state index contributed by atoms with van der Waals surface area (Å²) in [6, 6.07) is 52.3. The Hall–Kier alpha value is -5.24. The van der Waals surface area contributed by atoms with Gasteiger partial charge in [0.1, 0.15) is 24.7 Å². The zero-order valence-corrected chi connectivity index (χ0v) is 31.0. The van der Waals surface area contributed by atoms with Crippen LogP contribution < -0.4 is 9.47 Å². The fraction of sp³-hybridized carbons (Fsp3) is 0.265. The molecule has 6 nitrogen and oxygen atoms in total. The maximum absolute atomic E-state index is 6.50. The second-order valence-corrected chi connectivity index (χ2v) is 14.6. The zero-order chi connectivity index (χ0) is 36.9. The lowest BCUT2D eigenvalue weighted by Crippen LogP contribution is -2.32. The van der Waals surface area contributed by atoms with E-state index in [2.05, 4.69) is 146 Å². The lowest BCUT2D eigenvalue weighted by molar-refractivity contribution is -0.0739. The molecule has 9 rings (SSSR count). The molecule has 0 spiro atoms. The molecule has 0 aromatic heterocycles. The van der Waals surface area contributed by atoms with Crippen molar-refractivity contribution in [2.24, 2.45) is 11.8 Å². The lowest BCUT2D eigenvalue weighted by Gasteiger charge is -2.35. The molecule has 6 aromatic carbocycles. The normalized spacial score (nSPS) is 15.8. The van der Waals surface area contributed by atoms with Gasteiger partial charge in [0.15, 0.2) is 0 Å². The number of benzene rings is 6. The Morgan fingerprint density at radius 3 is 1.27 bits per heavy atom. The highest BCUT2D eigenvalue weighted by Crippen LogP contribution is 2.57. The first-order chi connectivity index (χ1) is 27.3. The van der Waals surface area contributed by atoms with Crippen LogP contribution in [0.15, 0.2) is 146 Å². The maximum Gasteiger partial charge on any atom is 0.127 e. The highest BCUT2D eigenvalue weighted by atomic mass is 16.5. The van der Waals surface area contributed by atoms with E-state index >= 15 is 0 Å². The molecule has 2 heterocycles. The Kier molecular flexibility index (Phi) is 10.5. The maximum atomic E-state index is 6.50. The van der Waals surface area contributed by atoms with Crippen molar-refractivity contribution in [2.75, 3.05) is 66.1 Å². The predicted molar refractivity (Wildman–Crippen MR) is 216 cm³/mol. The first kappa shape index (κ1) is 35.5. The molecule has 0 bridgehead atoms. The van der Waals surface area contributed by atoms with Gasteiger partial charge in [-0.25, -0.2) is 0 Å². The quantitative estimate of drug-likeness (QED) is 0.0924. The SMILES string of the molecule is c1ccc(-c2cc(C3(c4ccc(OCCOCC5COC5)c(-c5ccccc5)c4)c4ccccc4-c4ccccc43)ccc2OCCOCC2COC2)cc1. The Bertz CT molecular complexity index is 2050. The number of rotatable bonds is 16.